The van der Waals surface area contributed by atoms with Crippen molar-refractivity contribution in [1.29, 1.82) is 0 Å². The molecule has 1 N–H and O–H groups in total. The van der Waals surface area contributed by atoms with E-state index < -0.39 is 25.2 Å². The molecule has 0 saturated carbocycles. The van der Waals surface area contributed by atoms with Crippen molar-refractivity contribution in [2.45, 2.75) is 31.3 Å². The van der Waals surface area contributed by atoms with Gasteiger partial charge in [0.1, 0.15) is 6.61 Å². The lowest BCUT2D eigenvalue weighted by Crippen LogP contribution is -2.22. The molecule has 3 unspecified atom stereocenters. The second-order valence-corrected chi connectivity index (χ2v) is 9.34. The van der Waals surface area contributed by atoms with Crippen LogP contribution in [0, 0.1) is 0 Å². The van der Waals surface area contributed by atoms with Crippen LogP contribution >= 0.6 is 7.37 Å². The van der Waals surface area contributed by atoms with Gasteiger partial charge in [-0.1, -0.05) is 79.7 Å². The minimum Gasteiger partial charge on any atom is -0.465 e. The largest absolute Gasteiger partial charge is 0.465 e. The lowest BCUT2D eigenvalue weighted by molar-refractivity contribution is -0.144. The van der Waals surface area contributed by atoms with E-state index in [0.29, 0.717) is 11.1 Å². The highest BCUT2D eigenvalue weighted by molar-refractivity contribution is 7.57. The van der Waals surface area contributed by atoms with E-state index >= 15 is 4.39 Å². The average Bonchev–Trinajstić information content (AvgIpc) is 2.73. The Morgan fingerprint density at radius 2 is 1.69 bits per heavy atom. The van der Waals surface area contributed by atoms with Crippen molar-refractivity contribution in [2.75, 3.05) is 6.61 Å². The smallest absolute Gasteiger partial charge is 0.305 e. The number of carbonyl (C=O) groups is 1. The number of fused-ring (bicyclic) bond motifs is 1. The van der Waals surface area contributed by atoms with Gasteiger partial charge in [0, 0.05) is 6.42 Å². The van der Waals surface area contributed by atoms with Crippen molar-refractivity contribution in [1.82, 2.24) is 0 Å². The first kappa shape index (κ1) is 21.2. The second-order valence-electron chi connectivity index (χ2n) is 7.02. The summed E-state index contributed by atoms with van der Waals surface area (Å²) < 4.78 is 33.6. The van der Waals surface area contributed by atoms with Crippen LogP contribution in [0.1, 0.15) is 30.4 Å². The van der Waals surface area contributed by atoms with Gasteiger partial charge in [-0.3, -0.25) is 9.36 Å². The molecular weight excluding hydrogens is 390 g/mol. The van der Waals surface area contributed by atoms with Gasteiger partial charge in [0.2, 0.25) is 7.37 Å². The van der Waals surface area contributed by atoms with E-state index in [1.54, 1.807) is 49.4 Å². The van der Waals surface area contributed by atoms with Gasteiger partial charge in [-0.25, -0.2) is 4.39 Å². The zero-order chi connectivity index (χ0) is 20.9. The molecule has 152 valence electrons. The van der Waals surface area contributed by atoms with E-state index in [4.69, 9.17) is 4.74 Å². The van der Waals surface area contributed by atoms with Crippen molar-refractivity contribution in [3.63, 3.8) is 0 Å². The Bertz CT molecular complexity index is 1020. The summed E-state index contributed by atoms with van der Waals surface area (Å²) in [7, 11) is -4.21. The predicted molar refractivity (Wildman–Crippen MR) is 113 cm³/mol. The summed E-state index contributed by atoms with van der Waals surface area (Å²) in [5.41, 5.74) is 1.12. The molecule has 4 nitrogen and oxygen atoms in total. The van der Waals surface area contributed by atoms with Crippen LogP contribution in [0.2, 0.25) is 0 Å². The molecule has 0 aliphatic heterocycles. The summed E-state index contributed by atoms with van der Waals surface area (Å²) in [4.78, 5) is 22.2. The van der Waals surface area contributed by atoms with Gasteiger partial charge in [0.25, 0.3) is 0 Å². The molecule has 6 heteroatoms. The van der Waals surface area contributed by atoms with Crippen molar-refractivity contribution < 1.29 is 23.4 Å². The van der Waals surface area contributed by atoms with E-state index in [1.807, 2.05) is 30.3 Å². The van der Waals surface area contributed by atoms with Gasteiger partial charge in [0.05, 0.1) is 12.1 Å². The van der Waals surface area contributed by atoms with Crippen molar-refractivity contribution in [2.24, 2.45) is 0 Å². The summed E-state index contributed by atoms with van der Waals surface area (Å²) in [6, 6.07) is 21.6. The summed E-state index contributed by atoms with van der Waals surface area (Å²) in [6.07, 6.45) is -0.122. The van der Waals surface area contributed by atoms with E-state index in [0.717, 1.165) is 10.8 Å². The zero-order valence-electron chi connectivity index (χ0n) is 16.2. The summed E-state index contributed by atoms with van der Waals surface area (Å²) >= 11 is 0. The van der Waals surface area contributed by atoms with E-state index in [9.17, 15) is 14.3 Å². The molecule has 0 spiro atoms. The van der Waals surface area contributed by atoms with Crippen molar-refractivity contribution in [3.05, 3.63) is 83.9 Å². The Labute approximate surface area is 169 Å². The van der Waals surface area contributed by atoms with Gasteiger partial charge < -0.3 is 9.63 Å². The molecule has 29 heavy (non-hydrogen) atoms. The summed E-state index contributed by atoms with van der Waals surface area (Å²) in [5, 5.41) is 1.87. The highest BCUT2D eigenvalue weighted by Crippen LogP contribution is 2.55. The lowest BCUT2D eigenvalue weighted by atomic mass is 9.97. The molecule has 0 radical (unpaired) electrons. The molecule has 0 bridgehead atoms. The highest BCUT2D eigenvalue weighted by Gasteiger charge is 2.39. The van der Waals surface area contributed by atoms with Gasteiger partial charge >= 0.3 is 5.97 Å². The third-order valence-electron chi connectivity index (χ3n) is 4.88. The first-order chi connectivity index (χ1) is 13.9. The normalized spacial score (nSPS) is 15.4. The number of esters is 1. The summed E-state index contributed by atoms with van der Waals surface area (Å²) in [5.74, 6) is -3.57. The molecule has 0 saturated heterocycles. The molecular formula is C23H24FO4P. The van der Waals surface area contributed by atoms with Crippen LogP contribution in [0.3, 0.4) is 0 Å². The molecule has 3 atom stereocenters. The van der Waals surface area contributed by atoms with Gasteiger partial charge in [-0.15, -0.1) is 0 Å². The van der Waals surface area contributed by atoms with Crippen LogP contribution in [0.4, 0.5) is 4.39 Å². The maximum absolute atomic E-state index is 15.5. The van der Waals surface area contributed by atoms with E-state index in [1.165, 1.54) is 0 Å². The van der Waals surface area contributed by atoms with Crippen LogP contribution < -0.4 is 0 Å². The van der Waals surface area contributed by atoms with Gasteiger partial charge in [-0.2, -0.15) is 0 Å². The minimum absolute atomic E-state index is 0.155. The Morgan fingerprint density at radius 1 is 1.03 bits per heavy atom. The van der Waals surface area contributed by atoms with Gasteiger partial charge in [-0.05, 0) is 21.9 Å². The fourth-order valence-corrected chi connectivity index (χ4v) is 5.00. The number of benzene rings is 3. The number of rotatable bonds is 8. The summed E-state index contributed by atoms with van der Waals surface area (Å²) in [6.45, 7) is 1.36. The first-order valence-electron chi connectivity index (χ1n) is 9.54. The molecule has 3 rings (SSSR count). The van der Waals surface area contributed by atoms with Crippen LogP contribution in [0.5, 0.6) is 0 Å². The second kappa shape index (κ2) is 9.34. The molecule has 0 aliphatic carbocycles. The number of hydrogen-bond acceptors (Lipinski definition) is 3. The third-order valence-corrected chi connectivity index (χ3v) is 6.83. The minimum atomic E-state index is -4.21. The van der Waals surface area contributed by atoms with Crippen molar-refractivity contribution in [3.8, 4) is 0 Å². The maximum atomic E-state index is 15.5. The highest BCUT2D eigenvalue weighted by atomic mass is 31.2. The topological polar surface area (TPSA) is 63.6 Å². The first-order valence-corrected chi connectivity index (χ1v) is 11.5. The average molecular weight is 414 g/mol. The van der Waals surface area contributed by atoms with Gasteiger partial charge in [0.15, 0.2) is 5.91 Å². The molecule has 0 aromatic heterocycles. The lowest BCUT2D eigenvalue weighted by Gasteiger charge is -2.25. The van der Waals surface area contributed by atoms with E-state index in [-0.39, 0.29) is 19.2 Å². The van der Waals surface area contributed by atoms with Crippen LogP contribution in [0.25, 0.3) is 10.8 Å². The molecule has 0 amide bonds. The number of hydrogen-bond donors (Lipinski definition) is 1. The number of alkyl halides is 1. The Hall–Kier alpha value is -2.49. The quantitative estimate of drug-likeness (QED) is 0.383. The number of halogens is 1. The Balaban J connectivity index is 1.92. The Morgan fingerprint density at radius 3 is 2.38 bits per heavy atom. The van der Waals surface area contributed by atoms with Crippen LogP contribution in [-0.4, -0.2) is 23.4 Å². The molecule has 3 aromatic carbocycles. The predicted octanol–water partition coefficient (Wildman–Crippen LogP) is 5.64. The number of ether oxygens (including phenoxy) is 1. The Kier molecular flexibility index (Phi) is 6.83. The molecule has 0 aliphatic rings. The third kappa shape index (κ3) is 5.31. The van der Waals surface area contributed by atoms with E-state index in [2.05, 4.69) is 0 Å². The molecule has 0 heterocycles. The monoisotopic (exact) mass is 414 g/mol. The van der Waals surface area contributed by atoms with Crippen LogP contribution in [0.15, 0.2) is 72.8 Å². The fraction of sp³-hybridized carbons (Fsp3) is 0.261. The van der Waals surface area contributed by atoms with Crippen molar-refractivity contribution >= 4 is 24.1 Å². The standard InChI is InChI=1S/C23H24FO4P/c1-2-22(25)28-15-21(20-13-12-18-10-6-7-11-19(18)14-20)23(24)29(26,27)16-17-8-4-3-5-9-17/h3-14,21,23H,2,15-16H2,1H3,(H,26,27). The SMILES string of the molecule is CCC(=O)OCC(c1ccc2ccccc2c1)C(F)P(=O)(O)Cc1ccccc1. The fourth-order valence-electron chi connectivity index (χ4n) is 3.27. The number of carbonyl (C=O) groups excluding carboxylic acids is 1. The molecule has 0 fully saturated rings. The zero-order valence-corrected chi connectivity index (χ0v) is 17.1. The molecule has 3 aromatic rings. The van der Waals surface area contributed by atoms with Crippen LogP contribution in [-0.2, 0) is 20.3 Å². The maximum Gasteiger partial charge on any atom is 0.305 e.